The molecule has 3 aromatic carbocycles. The highest BCUT2D eigenvalue weighted by atomic mass is 32.1. The average molecular weight is 431 g/mol. The topological polar surface area (TPSA) is 60.5 Å². The molecule has 0 fully saturated rings. The zero-order valence-corrected chi connectivity index (χ0v) is 18.3. The summed E-state index contributed by atoms with van der Waals surface area (Å²) in [6.45, 7) is 2.08. The Labute approximate surface area is 185 Å². The summed E-state index contributed by atoms with van der Waals surface area (Å²) in [7, 11) is 3.19. The van der Waals surface area contributed by atoms with Gasteiger partial charge in [-0.2, -0.15) is 0 Å². The van der Waals surface area contributed by atoms with Crippen LogP contribution in [0.2, 0.25) is 0 Å². The fourth-order valence-electron chi connectivity index (χ4n) is 3.17. The molecule has 0 aliphatic carbocycles. The van der Waals surface area contributed by atoms with Gasteiger partial charge in [0.2, 0.25) is 5.91 Å². The average Bonchev–Trinajstić information content (AvgIpc) is 3.21. The van der Waals surface area contributed by atoms with Crippen LogP contribution in [0.25, 0.3) is 26.9 Å². The van der Waals surface area contributed by atoms with Gasteiger partial charge in [0, 0.05) is 22.9 Å². The molecule has 0 aliphatic rings. The molecule has 0 saturated carbocycles. The number of thiazole rings is 1. The number of hydrogen-bond acceptors (Lipinski definition) is 5. The molecular formula is C25H22N2O3S. The van der Waals surface area contributed by atoms with E-state index in [1.54, 1.807) is 37.7 Å². The molecule has 0 radical (unpaired) electrons. The zero-order chi connectivity index (χ0) is 21.8. The summed E-state index contributed by atoms with van der Waals surface area (Å²) in [6, 6.07) is 19.4. The summed E-state index contributed by atoms with van der Waals surface area (Å²) in [5, 5.41) is 3.84. The maximum Gasteiger partial charge on any atom is 0.248 e. The molecule has 4 rings (SSSR count). The van der Waals surface area contributed by atoms with Crippen LogP contribution in [-0.4, -0.2) is 25.1 Å². The van der Waals surface area contributed by atoms with Gasteiger partial charge in [0.25, 0.3) is 0 Å². The van der Waals surface area contributed by atoms with Crippen molar-refractivity contribution in [1.82, 2.24) is 4.98 Å². The zero-order valence-electron chi connectivity index (χ0n) is 17.5. The highest BCUT2D eigenvalue weighted by Gasteiger charge is 2.07. The first kappa shape index (κ1) is 20.6. The third kappa shape index (κ3) is 4.75. The fraction of sp³-hybridized carbons (Fsp3) is 0.120. The van der Waals surface area contributed by atoms with Crippen molar-refractivity contribution in [2.45, 2.75) is 6.92 Å². The lowest BCUT2D eigenvalue weighted by molar-refractivity contribution is -0.111. The number of aromatic nitrogens is 1. The standard InChI is InChI=1S/C25H22N2O3S/c1-16-4-11-21-23(14-16)31-25(27-21)17-5-8-19(9-6-17)26-24(28)13-7-18-15-20(29-2)10-12-22(18)30-3/h4-15H,1-3H3,(H,26,28)/b13-7+. The number of methoxy groups -OCH3 is 2. The van der Waals surface area contributed by atoms with Gasteiger partial charge in [-0.05, 0) is 73.2 Å². The van der Waals surface area contributed by atoms with Gasteiger partial charge in [-0.25, -0.2) is 4.98 Å². The Kier molecular flexibility index (Phi) is 6.00. The summed E-state index contributed by atoms with van der Waals surface area (Å²) in [4.78, 5) is 17.1. The molecule has 0 saturated heterocycles. The predicted molar refractivity (Wildman–Crippen MR) is 127 cm³/mol. The molecule has 0 atom stereocenters. The molecule has 6 heteroatoms. The molecule has 1 amide bonds. The highest BCUT2D eigenvalue weighted by Crippen LogP contribution is 2.31. The second kappa shape index (κ2) is 9.02. The van der Waals surface area contributed by atoms with Crippen LogP contribution in [0.3, 0.4) is 0 Å². The van der Waals surface area contributed by atoms with Crippen LogP contribution in [0.15, 0.2) is 66.7 Å². The third-order valence-electron chi connectivity index (χ3n) is 4.79. The van der Waals surface area contributed by atoms with E-state index in [-0.39, 0.29) is 5.91 Å². The number of rotatable bonds is 6. The van der Waals surface area contributed by atoms with Gasteiger partial charge in [0.15, 0.2) is 0 Å². The van der Waals surface area contributed by atoms with E-state index < -0.39 is 0 Å². The van der Waals surface area contributed by atoms with Gasteiger partial charge in [0.1, 0.15) is 16.5 Å². The molecule has 0 unspecified atom stereocenters. The minimum atomic E-state index is -0.229. The monoisotopic (exact) mass is 430 g/mol. The van der Waals surface area contributed by atoms with Gasteiger partial charge in [-0.1, -0.05) is 6.07 Å². The third-order valence-corrected chi connectivity index (χ3v) is 5.86. The summed E-state index contributed by atoms with van der Waals surface area (Å²) in [6.07, 6.45) is 3.18. The molecule has 0 bridgehead atoms. The maximum atomic E-state index is 12.4. The second-order valence-corrected chi connectivity index (χ2v) is 8.03. The van der Waals surface area contributed by atoms with Crippen LogP contribution in [0.4, 0.5) is 5.69 Å². The highest BCUT2D eigenvalue weighted by molar-refractivity contribution is 7.21. The summed E-state index contributed by atoms with van der Waals surface area (Å²) in [5.74, 6) is 1.13. The number of ether oxygens (including phenoxy) is 2. The van der Waals surface area contributed by atoms with Crippen molar-refractivity contribution in [3.05, 3.63) is 77.9 Å². The lowest BCUT2D eigenvalue weighted by Gasteiger charge is -2.07. The molecular weight excluding hydrogens is 408 g/mol. The predicted octanol–water partition coefficient (Wildman–Crippen LogP) is 5.94. The minimum absolute atomic E-state index is 0.229. The van der Waals surface area contributed by atoms with Crippen LogP contribution in [0.1, 0.15) is 11.1 Å². The van der Waals surface area contributed by atoms with Gasteiger partial charge >= 0.3 is 0 Å². The van der Waals surface area contributed by atoms with Crippen LogP contribution < -0.4 is 14.8 Å². The van der Waals surface area contributed by atoms with E-state index in [2.05, 4.69) is 24.4 Å². The van der Waals surface area contributed by atoms with E-state index in [4.69, 9.17) is 14.5 Å². The molecule has 0 spiro atoms. The van der Waals surface area contributed by atoms with Crippen LogP contribution in [0.5, 0.6) is 11.5 Å². The quantitative estimate of drug-likeness (QED) is 0.385. The van der Waals surface area contributed by atoms with Gasteiger partial charge < -0.3 is 14.8 Å². The number of fused-ring (bicyclic) bond motifs is 1. The van der Waals surface area contributed by atoms with Crippen LogP contribution >= 0.6 is 11.3 Å². The number of aryl methyl sites for hydroxylation is 1. The largest absolute Gasteiger partial charge is 0.497 e. The number of carbonyl (C=O) groups excluding carboxylic acids is 1. The van der Waals surface area contributed by atoms with Crippen molar-refractivity contribution < 1.29 is 14.3 Å². The van der Waals surface area contributed by atoms with Crippen molar-refractivity contribution in [3.63, 3.8) is 0 Å². The SMILES string of the molecule is COc1ccc(OC)c(/C=C/C(=O)Nc2ccc(-c3nc4ccc(C)cc4s3)cc2)c1. The molecule has 4 aromatic rings. The number of nitrogens with zero attached hydrogens (tertiary/aromatic N) is 1. The minimum Gasteiger partial charge on any atom is -0.497 e. The molecule has 0 aliphatic heterocycles. The summed E-state index contributed by atoms with van der Waals surface area (Å²) in [5.41, 5.74) is 4.72. The Morgan fingerprint density at radius 3 is 2.55 bits per heavy atom. The van der Waals surface area contributed by atoms with E-state index in [0.717, 1.165) is 21.7 Å². The lowest BCUT2D eigenvalue weighted by atomic mass is 10.1. The summed E-state index contributed by atoms with van der Waals surface area (Å²) < 4.78 is 11.7. The van der Waals surface area contributed by atoms with E-state index in [1.165, 1.54) is 16.3 Å². The summed E-state index contributed by atoms with van der Waals surface area (Å²) >= 11 is 1.66. The van der Waals surface area contributed by atoms with Crippen molar-refractivity contribution >= 4 is 39.2 Å². The lowest BCUT2D eigenvalue weighted by Crippen LogP contribution is -2.07. The molecule has 5 nitrogen and oxygen atoms in total. The Bertz CT molecular complexity index is 1260. The van der Waals surface area contributed by atoms with E-state index in [1.807, 2.05) is 42.5 Å². The molecule has 156 valence electrons. The number of anilines is 1. The number of amides is 1. The van der Waals surface area contributed by atoms with E-state index in [0.29, 0.717) is 17.2 Å². The van der Waals surface area contributed by atoms with Crippen molar-refractivity contribution in [1.29, 1.82) is 0 Å². The molecule has 1 aromatic heterocycles. The molecule has 1 heterocycles. The number of nitrogens with one attached hydrogen (secondary N) is 1. The number of benzene rings is 3. The van der Waals surface area contributed by atoms with Crippen LogP contribution in [0, 0.1) is 6.92 Å². The van der Waals surface area contributed by atoms with Crippen molar-refractivity contribution in [2.75, 3.05) is 19.5 Å². The first-order chi connectivity index (χ1) is 15.1. The Morgan fingerprint density at radius 2 is 1.81 bits per heavy atom. The molecule has 1 N–H and O–H groups in total. The number of carbonyl (C=O) groups is 1. The number of hydrogen-bond donors (Lipinski definition) is 1. The van der Waals surface area contributed by atoms with E-state index in [9.17, 15) is 4.79 Å². The van der Waals surface area contributed by atoms with E-state index >= 15 is 0 Å². The van der Waals surface area contributed by atoms with Gasteiger partial charge in [0.05, 0.1) is 24.4 Å². The normalized spacial score (nSPS) is 11.1. The first-order valence-electron chi connectivity index (χ1n) is 9.74. The van der Waals surface area contributed by atoms with Crippen LogP contribution in [-0.2, 0) is 4.79 Å². The maximum absolute atomic E-state index is 12.4. The van der Waals surface area contributed by atoms with Crippen molar-refractivity contribution in [3.8, 4) is 22.1 Å². The second-order valence-electron chi connectivity index (χ2n) is 7.00. The smallest absolute Gasteiger partial charge is 0.248 e. The Morgan fingerprint density at radius 1 is 1.00 bits per heavy atom. The Hall–Kier alpha value is -3.64. The van der Waals surface area contributed by atoms with Gasteiger partial charge in [-0.3, -0.25) is 4.79 Å². The first-order valence-corrected chi connectivity index (χ1v) is 10.6. The Balaban J connectivity index is 1.46. The van der Waals surface area contributed by atoms with Gasteiger partial charge in [-0.15, -0.1) is 11.3 Å². The molecule has 31 heavy (non-hydrogen) atoms. The van der Waals surface area contributed by atoms with Crippen molar-refractivity contribution in [2.24, 2.45) is 0 Å². The fourth-order valence-corrected chi connectivity index (χ4v) is 4.24.